The molecule has 0 aliphatic carbocycles. The predicted molar refractivity (Wildman–Crippen MR) is 13.1 cm³/mol. The van der Waals surface area contributed by atoms with Crippen molar-refractivity contribution in [1.82, 2.24) is 0 Å². The standard InChI is InChI=1S/Mo.Nb.H3O4P/c;;1-5(2,3)4/h;;(H3,1,2,3,4)/q+1;;/p-1. The average Bonchev–Trinajstić information content (AvgIpc) is 1.35. The summed E-state index contributed by atoms with van der Waals surface area (Å²) in [4.78, 5) is 15.4. The van der Waals surface area contributed by atoms with E-state index >= 15 is 0 Å². The number of rotatable bonds is 1. The van der Waals surface area contributed by atoms with Gasteiger partial charge in [0.05, 0.1) is 0 Å². The van der Waals surface area contributed by atoms with Crippen LogP contribution in [-0.2, 0) is 50.3 Å². The topological polar surface area (TPSA) is 66.8 Å². The van der Waals surface area contributed by atoms with Gasteiger partial charge >= 0.3 is 45.5 Å². The Bertz CT molecular complexity index is 75.8. The first-order chi connectivity index (χ1) is 2.56. The van der Waals surface area contributed by atoms with Crippen LogP contribution in [0, 0.1) is 0 Å². The van der Waals surface area contributed by atoms with Crippen LogP contribution in [0.5, 0.6) is 0 Å². The van der Waals surface area contributed by atoms with Gasteiger partial charge in [-0.1, -0.05) is 0 Å². The minimum Gasteiger partial charge on any atom is 0 e. The average molecular weight is 286 g/mol. The normalized spacial score (nSPS) is 10.0. The maximum Gasteiger partial charge on any atom is 0 e. The zero-order valence-corrected chi connectivity index (χ0v) is 8.11. The fraction of sp³-hybridized carbons (Fsp3) is 0. The third-order valence-corrected chi connectivity index (χ3v) is 1.72. The van der Waals surface area contributed by atoms with Crippen molar-refractivity contribution in [3.63, 3.8) is 0 Å². The van der Waals surface area contributed by atoms with Crippen molar-refractivity contribution >= 4 is 7.82 Å². The molecule has 0 unspecified atom stereocenters. The molecular formula is H2MoNbO4P. The molecule has 0 bridgehead atoms. The number of phosphoric acid groups is 1. The quantitative estimate of drug-likeness (QED) is 0.506. The van der Waals surface area contributed by atoms with E-state index in [4.69, 9.17) is 9.79 Å². The Morgan fingerprint density at radius 2 is 1.71 bits per heavy atom. The molecule has 0 rings (SSSR count). The third kappa shape index (κ3) is 11.2. The molecule has 0 spiro atoms. The van der Waals surface area contributed by atoms with Gasteiger partial charge in [0.1, 0.15) is 0 Å². The van der Waals surface area contributed by atoms with Crippen LogP contribution in [0.3, 0.4) is 0 Å². The first kappa shape index (κ1) is 11.4. The van der Waals surface area contributed by atoms with Gasteiger partial charge in [-0.05, 0) is 0 Å². The zero-order chi connectivity index (χ0) is 5.21. The van der Waals surface area contributed by atoms with E-state index in [0.717, 1.165) is 20.2 Å². The predicted octanol–water partition coefficient (Wildman–Crippen LogP) is -0.445. The largest absolute Gasteiger partial charge is 0 e. The van der Waals surface area contributed by atoms with E-state index in [1.165, 1.54) is 0 Å². The van der Waals surface area contributed by atoms with E-state index in [0.29, 0.717) is 0 Å². The van der Waals surface area contributed by atoms with Crippen LogP contribution in [-0.4, -0.2) is 9.79 Å². The van der Waals surface area contributed by atoms with E-state index in [1.54, 1.807) is 0 Å². The fourth-order valence-corrected chi connectivity index (χ4v) is 0. The van der Waals surface area contributed by atoms with Crippen molar-refractivity contribution in [3.05, 3.63) is 0 Å². The van der Waals surface area contributed by atoms with E-state index in [-0.39, 0.29) is 22.4 Å². The summed E-state index contributed by atoms with van der Waals surface area (Å²) >= 11 is 0.883. The van der Waals surface area contributed by atoms with Crippen LogP contribution in [0.2, 0.25) is 0 Å². The minimum atomic E-state index is -4.14. The Kier molecular flexibility index (Phi) is 7.17. The first-order valence-corrected chi connectivity index (χ1v) is 3.28. The first-order valence-electron chi connectivity index (χ1n) is 0.932. The Balaban J connectivity index is 0. The maximum absolute atomic E-state index is 9.47. The van der Waals surface area contributed by atoms with Gasteiger partial charge in [-0.3, -0.25) is 0 Å². The van der Waals surface area contributed by atoms with Crippen molar-refractivity contribution < 1.29 is 60.1 Å². The van der Waals surface area contributed by atoms with Gasteiger partial charge in [-0.2, -0.15) is 0 Å². The van der Waals surface area contributed by atoms with Crippen molar-refractivity contribution in [3.8, 4) is 0 Å². The SMILES string of the molecule is O=P(O)(O)[O][Mo].[Nb]. The maximum atomic E-state index is 9.47. The molecule has 0 aromatic carbocycles. The molecule has 2 N–H and O–H groups in total. The molecule has 1 radical (unpaired) electrons. The summed E-state index contributed by atoms with van der Waals surface area (Å²) in [5, 5.41) is 0. The molecular weight excluding hydrogens is 284 g/mol. The molecule has 0 amide bonds. The Morgan fingerprint density at radius 3 is 1.71 bits per heavy atom. The fourth-order valence-electron chi connectivity index (χ4n) is 0. The van der Waals surface area contributed by atoms with Gasteiger partial charge in [0, 0.05) is 22.4 Å². The summed E-state index contributed by atoms with van der Waals surface area (Å²) in [6.07, 6.45) is 0. The molecule has 0 aromatic heterocycles. The molecule has 7 heteroatoms. The van der Waals surface area contributed by atoms with Crippen LogP contribution in [0.15, 0.2) is 0 Å². The van der Waals surface area contributed by atoms with Crippen molar-refractivity contribution in [2.75, 3.05) is 0 Å². The molecule has 0 heterocycles. The van der Waals surface area contributed by atoms with Crippen LogP contribution in [0.1, 0.15) is 0 Å². The van der Waals surface area contributed by atoms with Gasteiger partial charge < -0.3 is 0 Å². The molecule has 0 aromatic rings. The zero-order valence-electron chi connectivity index (χ0n) is 3.01. The number of hydrogen-bond acceptors (Lipinski definition) is 2. The van der Waals surface area contributed by atoms with E-state index in [2.05, 4.69) is 3.18 Å². The summed E-state index contributed by atoms with van der Waals surface area (Å²) < 4.78 is 13.1. The van der Waals surface area contributed by atoms with Crippen LogP contribution in [0.4, 0.5) is 0 Å². The van der Waals surface area contributed by atoms with E-state index in [9.17, 15) is 4.57 Å². The molecule has 7 heavy (non-hydrogen) atoms. The molecule has 0 aliphatic heterocycles. The Morgan fingerprint density at radius 1 is 1.57 bits per heavy atom. The molecule has 0 saturated carbocycles. The van der Waals surface area contributed by atoms with Crippen LogP contribution >= 0.6 is 7.82 Å². The van der Waals surface area contributed by atoms with E-state index < -0.39 is 7.82 Å². The smallest absolute Gasteiger partial charge is 0 e. The van der Waals surface area contributed by atoms with Crippen LogP contribution < -0.4 is 0 Å². The molecule has 0 fully saturated rings. The molecule has 42 valence electrons. The minimum absolute atomic E-state index is 0. The summed E-state index contributed by atoms with van der Waals surface area (Å²) in [7, 11) is -4.14. The Labute approximate surface area is 67.7 Å². The van der Waals surface area contributed by atoms with E-state index in [1.807, 2.05) is 0 Å². The Hall–Kier alpha value is 1.54. The van der Waals surface area contributed by atoms with Crippen LogP contribution in [0.25, 0.3) is 0 Å². The third-order valence-electron chi connectivity index (χ3n) is 0.0971. The van der Waals surface area contributed by atoms with Gasteiger partial charge in [-0.25, -0.2) is 0 Å². The van der Waals surface area contributed by atoms with Gasteiger partial charge in [0.15, 0.2) is 0 Å². The summed E-state index contributed by atoms with van der Waals surface area (Å²) in [6.45, 7) is 0. The summed E-state index contributed by atoms with van der Waals surface area (Å²) in [6, 6.07) is 0. The van der Waals surface area contributed by atoms with Gasteiger partial charge in [-0.15, -0.1) is 0 Å². The van der Waals surface area contributed by atoms with Crippen molar-refractivity contribution in [2.24, 2.45) is 0 Å². The molecule has 0 atom stereocenters. The van der Waals surface area contributed by atoms with Crippen molar-refractivity contribution in [1.29, 1.82) is 0 Å². The molecule has 0 aliphatic rings. The van der Waals surface area contributed by atoms with Gasteiger partial charge in [0.2, 0.25) is 0 Å². The second-order valence-corrected chi connectivity index (χ2v) is 2.79. The monoisotopic (exact) mass is 288 g/mol. The summed E-state index contributed by atoms with van der Waals surface area (Å²) in [5.74, 6) is 0. The summed E-state index contributed by atoms with van der Waals surface area (Å²) in [5.41, 5.74) is 0. The number of hydrogen-bond donors (Lipinski definition) is 2. The van der Waals surface area contributed by atoms with Gasteiger partial charge in [0.25, 0.3) is 0 Å². The van der Waals surface area contributed by atoms with Crippen molar-refractivity contribution in [2.45, 2.75) is 0 Å². The molecule has 4 nitrogen and oxygen atoms in total. The second-order valence-electron chi connectivity index (χ2n) is 0.565. The second kappa shape index (κ2) is 4.42. The molecule has 0 saturated heterocycles.